The minimum Gasteiger partial charge on any atom is -0.508 e. The van der Waals surface area contributed by atoms with Gasteiger partial charge in [0.2, 0.25) is 0 Å². The number of aromatic nitrogens is 2. The average Bonchev–Trinajstić information content (AvgIpc) is 3.10. The van der Waals surface area contributed by atoms with Crippen LogP contribution < -0.4 is 0 Å². The molecule has 2 aromatic heterocycles. The third kappa shape index (κ3) is 3.15. The highest BCUT2D eigenvalue weighted by Gasteiger charge is 2.33. The van der Waals surface area contributed by atoms with Crippen molar-refractivity contribution < 1.29 is 9.90 Å². The summed E-state index contributed by atoms with van der Waals surface area (Å²) in [5, 5.41) is 10.5. The molecule has 5 heteroatoms. The summed E-state index contributed by atoms with van der Waals surface area (Å²) < 4.78 is 0. The summed E-state index contributed by atoms with van der Waals surface area (Å²) >= 11 is 1.55. The molecule has 1 N–H and O–H groups in total. The van der Waals surface area contributed by atoms with E-state index in [0.717, 1.165) is 51.5 Å². The van der Waals surface area contributed by atoms with Crippen LogP contribution in [-0.4, -0.2) is 21.4 Å². The Morgan fingerprint density at radius 3 is 2.88 bits per heavy atom. The van der Waals surface area contributed by atoms with Crippen LogP contribution in [0.4, 0.5) is 0 Å². The molecule has 1 unspecified atom stereocenters. The molecule has 3 aromatic rings. The molecule has 0 aliphatic heterocycles. The van der Waals surface area contributed by atoms with E-state index in [4.69, 9.17) is 4.98 Å². The van der Waals surface area contributed by atoms with Crippen molar-refractivity contribution in [2.75, 3.05) is 0 Å². The number of aromatic hydroxyl groups is 1. The van der Waals surface area contributed by atoms with Gasteiger partial charge >= 0.3 is 0 Å². The van der Waals surface area contributed by atoms with Crippen LogP contribution in [0.25, 0.3) is 21.1 Å². The maximum atomic E-state index is 11.5. The first-order chi connectivity index (χ1) is 12.4. The number of carbonyl (C=O) groups excluding carboxylic acids is 1. The van der Waals surface area contributed by atoms with Crippen LogP contribution in [0.15, 0.2) is 42.6 Å². The Kier molecular flexibility index (Phi) is 4.11. The summed E-state index contributed by atoms with van der Waals surface area (Å²) in [7, 11) is 0. The first kappa shape index (κ1) is 16.9. The van der Waals surface area contributed by atoms with Gasteiger partial charge in [-0.25, -0.2) is 9.97 Å². The molecule has 0 spiro atoms. The topological polar surface area (TPSA) is 63.1 Å². The van der Waals surface area contributed by atoms with Crippen molar-refractivity contribution in [2.24, 2.45) is 5.41 Å². The number of rotatable bonds is 3. The fourth-order valence-electron chi connectivity index (χ4n) is 3.65. The summed E-state index contributed by atoms with van der Waals surface area (Å²) in [6.45, 7) is 4.37. The number of pyridine rings is 1. The number of phenolic OH excluding ortho intramolecular Hbond substituents is 1. The summed E-state index contributed by atoms with van der Waals surface area (Å²) in [5.41, 5.74) is 3.90. The molecule has 0 saturated carbocycles. The lowest BCUT2D eigenvalue weighted by molar-refractivity contribution is -0.109. The number of nitrogens with zero attached hydrogens (tertiary/aromatic N) is 2. The van der Waals surface area contributed by atoms with Crippen LogP contribution in [0.1, 0.15) is 37.4 Å². The molecular weight excluding hydrogens is 344 g/mol. The Balaban J connectivity index is 1.71. The van der Waals surface area contributed by atoms with Gasteiger partial charge in [-0.2, -0.15) is 0 Å². The number of fused-ring (bicyclic) bond motifs is 1. The minimum absolute atomic E-state index is 0.0693. The fourth-order valence-corrected chi connectivity index (χ4v) is 4.53. The molecule has 132 valence electrons. The molecule has 1 aliphatic rings. The SMILES string of the molecule is CC1(C)Cc2nc(-c3ncc(-c4cccc(O)c4)s3)ccc2C(C=O)C1. The normalized spacial score (nSPS) is 18.3. The van der Waals surface area contributed by atoms with Crippen molar-refractivity contribution in [1.82, 2.24) is 9.97 Å². The summed E-state index contributed by atoms with van der Waals surface area (Å²) in [5.74, 6) is 0.168. The highest BCUT2D eigenvalue weighted by atomic mass is 32.1. The third-order valence-electron chi connectivity index (χ3n) is 4.85. The molecule has 1 aliphatic carbocycles. The lowest BCUT2D eigenvalue weighted by Gasteiger charge is -2.34. The van der Waals surface area contributed by atoms with E-state index < -0.39 is 0 Å². The predicted octanol–water partition coefficient (Wildman–Crippen LogP) is 4.83. The van der Waals surface area contributed by atoms with Crippen molar-refractivity contribution in [3.05, 3.63) is 53.9 Å². The van der Waals surface area contributed by atoms with Crippen LogP contribution in [-0.2, 0) is 11.2 Å². The zero-order chi connectivity index (χ0) is 18.3. The van der Waals surface area contributed by atoms with Gasteiger partial charge < -0.3 is 9.90 Å². The van der Waals surface area contributed by atoms with Crippen LogP contribution in [0.3, 0.4) is 0 Å². The van der Waals surface area contributed by atoms with Gasteiger partial charge in [-0.3, -0.25) is 0 Å². The molecule has 4 nitrogen and oxygen atoms in total. The zero-order valence-corrected chi connectivity index (χ0v) is 15.6. The number of phenols is 1. The van der Waals surface area contributed by atoms with E-state index in [1.54, 1.807) is 23.5 Å². The maximum Gasteiger partial charge on any atom is 0.142 e. The van der Waals surface area contributed by atoms with E-state index in [-0.39, 0.29) is 17.1 Å². The lowest BCUT2D eigenvalue weighted by Crippen LogP contribution is -2.27. The van der Waals surface area contributed by atoms with E-state index in [9.17, 15) is 9.90 Å². The van der Waals surface area contributed by atoms with Crippen molar-refractivity contribution in [3.8, 4) is 26.9 Å². The quantitative estimate of drug-likeness (QED) is 0.676. The average molecular weight is 364 g/mol. The minimum atomic E-state index is -0.0746. The Morgan fingerprint density at radius 1 is 1.27 bits per heavy atom. The van der Waals surface area contributed by atoms with E-state index in [2.05, 4.69) is 18.8 Å². The number of aldehydes is 1. The standard InChI is InChI=1S/C21H20N2O2S/c1-21(2)9-14(12-24)16-6-7-17(23-18(16)10-21)20-22-11-19(26-20)13-4-3-5-15(25)8-13/h3-8,11-12,14,25H,9-10H2,1-2H3. The Morgan fingerprint density at radius 2 is 2.12 bits per heavy atom. The van der Waals surface area contributed by atoms with Gasteiger partial charge in [0.25, 0.3) is 0 Å². The third-order valence-corrected chi connectivity index (χ3v) is 5.92. The molecule has 0 saturated heterocycles. The molecular formula is C21H20N2O2S. The Hall–Kier alpha value is -2.53. The van der Waals surface area contributed by atoms with Crippen LogP contribution in [0.5, 0.6) is 5.75 Å². The molecule has 0 fully saturated rings. The van der Waals surface area contributed by atoms with Crippen molar-refractivity contribution in [1.29, 1.82) is 0 Å². The van der Waals surface area contributed by atoms with Crippen molar-refractivity contribution in [2.45, 2.75) is 32.6 Å². The van der Waals surface area contributed by atoms with E-state index in [1.807, 2.05) is 30.5 Å². The highest BCUT2D eigenvalue weighted by Crippen LogP contribution is 2.41. The smallest absolute Gasteiger partial charge is 0.142 e. The largest absolute Gasteiger partial charge is 0.508 e. The number of thiazole rings is 1. The molecule has 0 amide bonds. The molecule has 1 atom stereocenters. The summed E-state index contributed by atoms with van der Waals surface area (Å²) in [6.07, 6.45) is 4.59. The first-order valence-electron chi connectivity index (χ1n) is 8.66. The highest BCUT2D eigenvalue weighted by molar-refractivity contribution is 7.18. The second-order valence-corrected chi connectivity index (χ2v) is 8.63. The van der Waals surface area contributed by atoms with Gasteiger partial charge in [0.1, 0.15) is 17.0 Å². The first-order valence-corrected chi connectivity index (χ1v) is 9.47. The molecule has 0 radical (unpaired) electrons. The second kappa shape index (κ2) is 6.32. The maximum absolute atomic E-state index is 11.5. The lowest BCUT2D eigenvalue weighted by atomic mass is 9.71. The number of hydrogen-bond acceptors (Lipinski definition) is 5. The van der Waals surface area contributed by atoms with Gasteiger partial charge in [0.15, 0.2) is 0 Å². The monoisotopic (exact) mass is 364 g/mol. The van der Waals surface area contributed by atoms with Crippen LogP contribution in [0.2, 0.25) is 0 Å². The van der Waals surface area contributed by atoms with Gasteiger partial charge in [-0.1, -0.05) is 32.0 Å². The molecule has 26 heavy (non-hydrogen) atoms. The zero-order valence-electron chi connectivity index (χ0n) is 14.8. The van der Waals surface area contributed by atoms with E-state index in [1.165, 1.54) is 0 Å². The Labute approximate surface area is 156 Å². The van der Waals surface area contributed by atoms with E-state index >= 15 is 0 Å². The van der Waals surface area contributed by atoms with Gasteiger partial charge in [0, 0.05) is 17.8 Å². The molecule has 0 bridgehead atoms. The molecule has 2 heterocycles. The Bertz CT molecular complexity index is 978. The van der Waals surface area contributed by atoms with Gasteiger partial charge in [-0.15, -0.1) is 11.3 Å². The van der Waals surface area contributed by atoms with Crippen LogP contribution >= 0.6 is 11.3 Å². The van der Waals surface area contributed by atoms with Gasteiger partial charge in [0.05, 0.1) is 10.6 Å². The fraction of sp³-hybridized carbons (Fsp3) is 0.286. The summed E-state index contributed by atoms with van der Waals surface area (Å²) in [6, 6.07) is 11.1. The second-order valence-electron chi connectivity index (χ2n) is 7.60. The number of carbonyl (C=O) groups is 1. The van der Waals surface area contributed by atoms with Crippen molar-refractivity contribution >= 4 is 17.6 Å². The number of hydrogen-bond donors (Lipinski definition) is 1. The van der Waals surface area contributed by atoms with E-state index in [0.29, 0.717) is 0 Å². The molecule has 4 rings (SSSR count). The molecule has 1 aromatic carbocycles. The predicted molar refractivity (Wildman–Crippen MR) is 103 cm³/mol. The van der Waals surface area contributed by atoms with Gasteiger partial charge in [-0.05, 0) is 47.6 Å². The number of benzene rings is 1. The van der Waals surface area contributed by atoms with Crippen molar-refractivity contribution in [3.63, 3.8) is 0 Å². The summed E-state index contributed by atoms with van der Waals surface area (Å²) in [4.78, 5) is 21.8. The van der Waals surface area contributed by atoms with Crippen LogP contribution in [0, 0.1) is 5.41 Å².